The summed E-state index contributed by atoms with van der Waals surface area (Å²) in [6, 6.07) is 18.5. The third-order valence-corrected chi connectivity index (χ3v) is 6.71. The summed E-state index contributed by atoms with van der Waals surface area (Å²) in [6.45, 7) is 4.46. The molecule has 174 valence electrons. The van der Waals surface area contributed by atoms with E-state index in [1.165, 1.54) is 23.1 Å². The Balaban J connectivity index is 1.35. The molecule has 0 spiro atoms. The van der Waals surface area contributed by atoms with Gasteiger partial charge in [0.05, 0.1) is 17.5 Å². The van der Waals surface area contributed by atoms with Gasteiger partial charge in [0.25, 0.3) is 5.91 Å². The van der Waals surface area contributed by atoms with Crippen LogP contribution >= 0.6 is 23.1 Å². The maximum atomic E-state index is 12.5. The largest absolute Gasteiger partial charge is 0.342 e. The molecule has 0 saturated carbocycles. The number of anilines is 1. The first-order chi connectivity index (χ1) is 16.5. The molecule has 4 rings (SSSR count). The number of thioether (sulfide) groups is 1. The Morgan fingerprint density at radius 3 is 2.47 bits per heavy atom. The van der Waals surface area contributed by atoms with E-state index in [9.17, 15) is 9.59 Å². The molecular weight excluding hydrogens is 468 g/mol. The minimum Gasteiger partial charge on any atom is -0.342 e. The van der Waals surface area contributed by atoms with Gasteiger partial charge >= 0.3 is 0 Å². The summed E-state index contributed by atoms with van der Waals surface area (Å²) in [5.41, 5.74) is 2.42. The van der Waals surface area contributed by atoms with Crippen LogP contribution < -0.4 is 10.6 Å². The maximum absolute atomic E-state index is 12.5. The summed E-state index contributed by atoms with van der Waals surface area (Å²) in [4.78, 5) is 29.5. The van der Waals surface area contributed by atoms with E-state index < -0.39 is 0 Å². The molecule has 10 heteroatoms. The van der Waals surface area contributed by atoms with Crippen LogP contribution in [0, 0.1) is 0 Å². The normalized spacial score (nSPS) is 11.7. The molecule has 2 aromatic heterocycles. The number of carbonyl (C=O) groups excluding carboxylic acids is 2. The predicted octanol–water partition coefficient (Wildman–Crippen LogP) is 4.64. The fourth-order valence-electron chi connectivity index (χ4n) is 3.32. The number of aromatic nitrogens is 4. The van der Waals surface area contributed by atoms with Crippen LogP contribution in [0.5, 0.6) is 0 Å². The molecule has 0 aliphatic carbocycles. The third-order valence-electron chi connectivity index (χ3n) is 4.99. The van der Waals surface area contributed by atoms with E-state index in [2.05, 4.69) is 25.8 Å². The highest BCUT2D eigenvalue weighted by Crippen LogP contribution is 2.25. The first kappa shape index (κ1) is 23.7. The fourth-order valence-corrected chi connectivity index (χ4v) is 4.86. The standard InChI is InChI=1S/C24H24N6O2S2/c1-3-30-21(16(2)25-22(32)18-12-8-5-9-13-18)28-29-24(30)34-15-20(31)27-23-26-19(14-33-23)17-10-6-4-7-11-17/h4-14,16H,3,15H2,1-2H3,(H,25,32)(H,26,27,31). The lowest BCUT2D eigenvalue weighted by Crippen LogP contribution is -2.28. The lowest BCUT2D eigenvalue weighted by Gasteiger charge is -2.15. The Morgan fingerprint density at radius 1 is 1.06 bits per heavy atom. The van der Waals surface area contributed by atoms with Crippen LogP contribution in [0.15, 0.2) is 71.2 Å². The second kappa shape index (κ2) is 11.1. The molecule has 0 aliphatic heterocycles. The summed E-state index contributed by atoms with van der Waals surface area (Å²) >= 11 is 2.69. The molecular formula is C24H24N6O2S2. The molecule has 4 aromatic rings. The van der Waals surface area contributed by atoms with Crippen LogP contribution in [-0.4, -0.2) is 37.3 Å². The highest BCUT2D eigenvalue weighted by Gasteiger charge is 2.20. The van der Waals surface area contributed by atoms with E-state index in [-0.39, 0.29) is 23.6 Å². The summed E-state index contributed by atoms with van der Waals surface area (Å²) in [6.07, 6.45) is 0. The molecule has 2 amide bonds. The van der Waals surface area contributed by atoms with Gasteiger partial charge in [0.15, 0.2) is 16.1 Å². The van der Waals surface area contributed by atoms with Gasteiger partial charge in [-0.3, -0.25) is 9.59 Å². The average Bonchev–Trinajstić information content (AvgIpc) is 3.50. The summed E-state index contributed by atoms with van der Waals surface area (Å²) in [5.74, 6) is 0.465. The summed E-state index contributed by atoms with van der Waals surface area (Å²) < 4.78 is 1.91. The lowest BCUT2D eigenvalue weighted by molar-refractivity contribution is -0.113. The minimum atomic E-state index is -0.338. The smallest absolute Gasteiger partial charge is 0.251 e. The highest BCUT2D eigenvalue weighted by atomic mass is 32.2. The van der Waals surface area contributed by atoms with Crippen LogP contribution in [0.25, 0.3) is 11.3 Å². The van der Waals surface area contributed by atoms with Gasteiger partial charge in [-0.15, -0.1) is 21.5 Å². The van der Waals surface area contributed by atoms with Crippen LogP contribution in [0.3, 0.4) is 0 Å². The molecule has 2 heterocycles. The van der Waals surface area contributed by atoms with Crippen molar-refractivity contribution in [3.8, 4) is 11.3 Å². The number of rotatable bonds is 9. The van der Waals surface area contributed by atoms with Crippen molar-refractivity contribution < 1.29 is 9.59 Å². The molecule has 0 fully saturated rings. The third kappa shape index (κ3) is 5.70. The zero-order chi connectivity index (χ0) is 23.9. The van der Waals surface area contributed by atoms with Gasteiger partial charge in [-0.1, -0.05) is 60.3 Å². The second-order valence-electron chi connectivity index (χ2n) is 7.39. The van der Waals surface area contributed by atoms with Gasteiger partial charge in [-0.2, -0.15) is 0 Å². The van der Waals surface area contributed by atoms with Crippen molar-refractivity contribution in [2.75, 3.05) is 11.1 Å². The first-order valence-corrected chi connectivity index (χ1v) is 12.6. The van der Waals surface area contributed by atoms with Crippen molar-refractivity contribution in [1.82, 2.24) is 25.1 Å². The maximum Gasteiger partial charge on any atom is 0.251 e. The van der Waals surface area contributed by atoms with Gasteiger partial charge < -0.3 is 15.2 Å². The Kier molecular flexibility index (Phi) is 7.71. The molecule has 2 N–H and O–H groups in total. The molecule has 34 heavy (non-hydrogen) atoms. The van der Waals surface area contributed by atoms with E-state index in [0.29, 0.717) is 28.2 Å². The number of benzene rings is 2. The molecule has 0 radical (unpaired) electrons. The summed E-state index contributed by atoms with van der Waals surface area (Å²) in [7, 11) is 0. The van der Waals surface area contributed by atoms with Gasteiger partial charge in [0.2, 0.25) is 5.91 Å². The van der Waals surface area contributed by atoms with E-state index in [1.807, 2.05) is 72.3 Å². The molecule has 1 unspecified atom stereocenters. The van der Waals surface area contributed by atoms with Crippen LogP contribution in [0.4, 0.5) is 5.13 Å². The number of amides is 2. The predicted molar refractivity (Wildman–Crippen MR) is 135 cm³/mol. The van der Waals surface area contributed by atoms with Crippen LogP contribution in [-0.2, 0) is 11.3 Å². The molecule has 0 bridgehead atoms. The Hall–Kier alpha value is -3.50. The SMILES string of the molecule is CCn1c(SCC(=O)Nc2nc(-c3ccccc3)cs2)nnc1C(C)NC(=O)c1ccccc1. The average molecular weight is 493 g/mol. The van der Waals surface area contributed by atoms with Gasteiger partial charge in [-0.25, -0.2) is 4.98 Å². The van der Waals surface area contributed by atoms with E-state index in [1.54, 1.807) is 12.1 Å². The molecule has 8 nitrogen and oxygen atoms in total. The number of nitrogens with one attached hydrogen (secondary N) is 2. The summed E-state index contributed by atoms with van der Waals surface area (Å²) in [5, 5.41) is 17.4. The van der Waals surface area contributed by atoms with Crippen molar-refractivity contribution in [1.29, 1.82) is 0 Å². The fraction of sp³-hybridized carbons (Fsp3) is 0.208. The number of hydrogen-bond donors (Lipinski definition) is 2. The zero-order valence-electron chi connectivity index (χ0n) is 18.8. The molecule has 0 aliphatic rings. The Labute approximate surface area is 205 Å². The van der Waals surface area contributed by atoms with Crippen molar-refractivity contribution in [2.45, 2.75) is 31.6 Å². The zero-order valence-corrected chi connectivity index (χ0v) is 20.4. The minimum absolute atomic E-state index is 0.170. The van der Waals surface area contributed by atoms with Crippen molar-refractivity contribution in [3.05, 3.63) is 77.4 Å². The van der Waals surface area contributed by atoms with Crippen LogP contribution in [0.1, 0.15) is 36.1 Å². The van der Waals surface area contributed by atoms with E-state index >= 15 is 0 Å². The van der Waals surface area contributed by atoms with Gasteiger partial charge in [0.1, 0.15) is 0 Å². The van der Waals surface area contributed by atoms with Crippen molar-refractivity contribution in [2.24, 2.45) is 0 Å². The lowest BCUT2D eigenvalue weighted by atomic mass is 10.2. The first-order valence-electron chi connectivity index (χ1n) is 10.8. The van der Waals surface area contributed by atoms with Crippen molar-refractivity contribution >= 4 is 40.0 Å². The van der Waals surface area contributed by atoms with Gasteiger partial charge in [-0.05, 0) is 26.0 Å². The Morgan fingerprint density at radius 2 is 1.76 bits per heavy atom. The van der Waals surface area contributed by atoms with Crippen molar-refractivity contribution in [3.63, 3.8) is 0 Å². The molecule has 2 aromatic carbocycles. The quantitative estimate of drug-likeness (QED) is 0.330. The monoisotopic (exact) mass is 492 g/mol. The van der Waals surface area contributed by atoms with Gasteiger partial charge in [0, 0.05) is 23.1 Å². The molecule has 1 atom stereocenters. The van der Waals surface area contributed by atoms with E-state index in [0.717, 1.165) is 11.3 Å². The second-order valence-corrected chi connectivity index (χ2v) is 9.19. The molecule has 0 saturated heterocycles. The highest BCUT2D eigenvalue weighted by molar-refractivity contribution is 7.99. The number of thiazole rings is 1. The van der Waals surface area contributed by atoms with E-state index in [4.69, 9.17) is 0 Å². The number of nitrogens with zero attached hydrogens (tertiary/aromatic N) is 4. The number of carbonyl (C=O) groups is 2. The Bertz CT molecular complexity index is 1260. The number of hydrogen-bond acceptors (Lipinski definition) is 7. The topological polar surface area (TPSA) is 102 Å². The van der Waals surface area contributed by atoms with Crippen LogP contribution in [0.2, 0.25) is 0 Å².